The van der Waals surface area contributed by atoms with E-state index in [-0.39, 0.29) is 23.4 Å². The maximum atomic E-state index is 13.1. The molecular weight excluding hydrogens is 378 g/mol. The number of benzene rings is 1. The van der Waals surface area contributed by atoms with Crippen molar-refractivity contribution in [2.45, 2.75) is 31.7 Å². The van der Waals surface area contributed by atoms with Gasteiger partial charge in [-0.2, -0.15) is 5.10 Å². The fourth-order valence-electron chi connectivity index (χ4n) is 4.43. The number of piperidine rings is 1. The summed E-state index contributed by atoms with van der Waals surface area (Å²) >= 11 is 0. The molecule has 7 nitrogen and oxygen atoms in total. The third-order valence-electron chi connectivity index (χ3n) is 6.40. The van der Waals surface area contributed by atoms with Crippen LogP contribution in [0.25, 0.3) is 0 Å². The van der Waals surface area contributed by atoms with Gasteiger partial charge in [0.1, 0.15) is 0 Å². The van der Waals surface area contributed by atoms with Crippen LogP contribution in [0.15, 0.2) is 47.4 Å². The van der Waals surface area contributed by atoms with Crippen LogP contribution in [0.1, 0.15) is 37.3 Å². The van der Waals surface area contributed by atoms with Crippen molar-refractivity contribution >= 4 is 11.6 Å². The minimum atomic E-state index is -0.186. The third-order valence-corrected chi connectivity index (χ3v) is 6.40. The second kappa shape index (κ2) is 9.00. The van der Waals surface area contributed by atoms with Crippen LogP contribution >= 0.6 is 0 Å². The Balaban J connectivity index is 1.45. The normalized spacial score (nSPS) is 21.5. The summed E-state index contributed by atoms with van der Waals surface area (Å²) in [6, 6.07) is 11.5. The molecule has 2 atom stereocenters. The molecular formula is C23H31N5O2. The molecule has 30 heavy (non-hydrogen) atoms. The number of aromatic nitrogens is 2. The molecule has 4 rings (SSSR count). The number of amides is 1. The number of piperazine rings is 1. The van der Waals surface area contributed by atoms with E-state index in [0.29, 0.717) is 6.54 Å². The van der Waals surface area contributed by atoms with Crippen molar-refractivity contribution in [1.29, 1.82) is 0 Å². The molecule has 0 radical (unpaired) electrons. The van der Waals surface area contributed by atoms with Crippen LogP contribution in [0.2, 0.25) is 0 Å². The first-order chi connectivity index (χ1) is 14.5. The number of carbonyl (C=O) groups is 1. The van der Waals surface area contributed by atoms with E-state index in [4.69, 9.17) is 0 Å². The number of rotatable bonds is 4. The maximum absolute atomic E-state index is 13.1. The molecule has 0 spiro atoms. The summed E-state index contributed by atoms with van der Waals surface area (Å²) < 4.78 is 1.58. The smallest absolute Gasteiger partial charge is 0.269 e. The van der Waals surface area contributed by atoms with Crippen LogP contribution in [0, 0.1) is 0 Å². The van der Waals surface area contributed by atoms with Crippen LogP contribution < -0.4 is 10.5 Å². The summed E-state index contributed by atoms with van der Waals surface area (Å²) in [5, 5.41) is 4.50. The van der Waals surface area contributed by atoms with E-state index in [9.17, 15) is 9.59 Å². The van der Waals surface area contributed by atoms with Gasteiger partial charge in [0.2, 0.25) is 5.91 Å². The average molecular weight is 410 g/mol. The van der Waals surface area contributed by atoms with Gasteiger partial charge < -0.3 is 14.7 Å². The summed E-state index contributed by atoms with van der Waals surface area (Å²) in [6.45, 7) is 7.02. The number of hydrogen-bond acceptors (Lipinski definition) is 5. The molecule has 2 aliphatic rings. The molecule has 1 aromatic carbocycles. The molecule has 0 aliphatic carbocycles. The van der Waals surface area contributed by atoms with Gasteiger partial charge in [-0.3, -0.25) is 9.59 Å². The molecule has 0 N–H and O–H groups in total. The molecule has 2 fully saturated rings. The van der Waals surface area contributed by atoms with E-state index in [1.807, 2.05) is 42.2 Å². The highest BCUT2D eigenvalue weighted by atomic mass is 16.2. The van der Waals surface area contributed by atoms with Gasteiger partial charge in [-0.05, 0) is 32.4 Å². The monoisotopic (exact) mass is 409 g/mol. The van der Waals surface area contributed by atoms with Crippen molar-refractivity contribution in [2.75, 3.05) is 51.2 Å². The van der Waals surface area contributed by atoms with Crippen molar-refractivity contribution in [3.8, 4) is 0 Å². The Labute approximate surface area is 177 Å². The Morgan fingerprint density at radius 1 is 1.10 bits per heavy atom. The minimum Gasteiger partial charge on any atom is -0.368 e. The van der Waals surface area contributed by atoms with Gasteiger partial charge in [0.25, 0.3) is 5.56 Å². The number of carbonyl (C=O) groups excluding carboxylic acids is 1. The number of nitrogens with zero attached hydrogens (tertiary/aromatic N) is 5. The van der Waals surface area contributed by atoms with E-state index in [1.165, 1.54) is 0 Å². The molecule has 160 valence electrons. The van der Waals surface area contributed by atoms with Crippen LogP contribution in [0.3, 0.4) is 0 Å². The molecule has 2 aromatic rings. The highest BCUT2D eigenvalue weighted by Crippen LogP contribution is 2.25. The standard InChI is InChI=1S/C23H31N5O2/c1-18(19-7-4-3-5-8-19)23(30)27-10-6-9-20(17-27)28-22(29)15-21(16-24-28)26-13-11-25(2)12-14-26/h3-5,7-8,15-16,18,20H,6,9-14,17H2,1-2H3/t18-,20-/m0/s1. The summed E-state index contributed by atoms with van der Waals surface area (Å²) in [5.74, 6) is -0.0674. The number of anilines is 1. The highest BCUT2D eigenvalue weighted by Gasteiger charge is 2.29. The molecule has 1 amide bonds. The lowest BCUT2D eigenvalue weighted by Crippen LogP contribution is -2.46. The van der Waals surface area contributed by atoms with Crippen LogP contribution in [-0.2, 0) is 4.79 Å². The van der Waals surface area contributed by atoms with E-state index in [0.717, 1.165) is 56.8 Å². The molecule has 2 saturated heterocycles. The van der Waals surface area contributed by atoms with E-state index in [1.54, 1.807) is 16.9 Å². The van der Waals surface area contributed by atoms with Gasteiger partial charge in [0.15, 0.2) is 0 Å². The van der Waals surface area contributed by atoms with Crippen molar-refractivity contribution in [3.05, 3.63) is 58.5 Å². The Hall–Kier alpha value is -2.67. The Bertz CT molecular complexity index is 921. The molecule has 0 bridgehead atoms. The molecule has 0 unspecified atom stereocenters. The second-order valence-corrected chi connectivity index (χ2v) is 8.50. The van der Waals surface area contributed by atoms with Gasteiger partial charge >= 0.3 is 0 Å². The van der Waals surface area contributed by atoms with E-state index < -0.39 is 0 Å². The summed E-state index contributed by atoms with van der Waals surface area (Å²) in [5.41, 5.74) is 1.84. The van der Waals surface area contributed by atoms with Crippen molar-refractivity contribution in [1.82, 2.24) is 19.6 Å². The molecule has 1 aromatic heterocycles. The first kappa shape index (κ1) is 20.6. The summed E-state index contributed by atoms with van der Waals surface area (Å²) in [7, 11) is 2.11. The zero-order valence-electron chi connectivity index (χ0n) is 17.9. The maximum Gasteiger partial charge on any atom is 0.269 e. The zero-order chi connectivity index (χ0) is 21.1. The van der Waals surface area contributed by atoms with Crippen molar-refractivity contribution in [3.63, 3.8) is 0 Å². The second-order valence-electron chi connectivity index (χ2n) is 8.50. The Kier molecular flexibility index (Phi) is 6.18. The first-order valence-electron chi connectivity index (χ1n) is 10.9. The molecule has 3 heterocycles. The van der Waals surface area contributed by atoms with Gasteiger partial charge in [-0.1, -0.05) is 30.3 Å². The van der Waals surface area contributed by atoms with Crippen LogP contribution in [0.5, 0.6) is 0 Å². The molecule has 2 aliphatic heterocycles. The fourth-order valence-corrected chi connectivity index (χ4v) is 4.43. The Morgan fingerprint density at radius 3 is 2.53 bits per heavy atom. The van der Waals surface area contributed by atoms with Gasteiger partial charge in [-0.15, -0.1) is 0 Å². The SMILES string of the molecule is C[C@H](C(=O)N1CCC[C@H](n2ncc(N3CCN(C)CC3)cc2=O)C1)c1ccccc1. The third kappa shape index (κ3) is 4.41. The number of likely N-dealkylation sites (N-methyl/N-ethyl adjacent to an activating group) is 1. The Morgan fingerprint density at radius 2 is 1.83 bits per heavy atom. The van der Waals surface area contributed by atoms with Gasteiger partial charge in [0.05, 0.1) is 23.8 Å². The molecule has 0 saturated carbocycles. The van der Waals surface area contributed by atoms with Crippen LogP contribution in [-0.4, -0.2) is 71.8 Å². The number of likely N-dealkylation sites (tertiary alicyclic amines) is 1. The van der Waals surface area contributed by atoms with E-state index >= 15 is 0 Å². The quantitative estimate of drug-likeness (QED) is 0.773. The lowest BCUT2D eigenvalue weighted by molar-refractivity contribution is -0.134. The molecule has 7 heteroatoms. The van der Waals surface area contributed by atoms with Crippen molar-refractivity contribution < 1.29 is 4.79 Å². The summed E-state index contributed by atoms with van der Waals surface area (Å²) in [4.78, 5) is 32.3. The predicted octanol–water partition coefficient (Wildman–Crippen LogP) is 1.96. The lowest BCUT2D eigenvalue weighted by atomic mass is 9.97. The topological polar surface area (TPSA) is 61.7 Å². The van der Waals surface area contributed by atoms with Crippen LogP contribution in [0.4, 0.5) is 5.69 Å². The number of hydrogen-bond donors (Lipinski definition) is 0. The highest BCUT2D eigenvalue weighted by molar-refractivity contribution is 5.83. The lowest BCUT2D eigenvalue weighted by Gasteiger charge is -2.35. The zero-order valence-corrected chi connectivity index (χ0v) is 17.9. The minimum absolute atomic E-state index is 0.0697. The average Bonchev–Trinajstić information content (AvgIpc) is 2.79. The summed E-state index contributed by atoms with van der Waals surface area (Å²) in [6.07, 6.45) is 3.55. The largest absolute Gasteiger partial charge is 0.368 e. The van der Waals surface area contributed by atoms with E-state index in [2.05, 4.69) is 21.9 Å². The first-order valence-corrected chi connectivity index (χ1v) is 10.9. The predicted molar refractivity (Wildman–Crippen MR) is 118 cm³/mol. The van der Waals surface area contributed by atoms with Gasteiger partial charge in [-0.25, -0.2) is 4.68 Å². The fraction of sp³-hybridized carbons (Fsp3) is 0.522. The van der Waals surface area contributed by atoms with Crippen molar-refractivity contribution in [2.24, 2.45) is 0 Å². The van der Waals surface area contributed by atoms with Gasteiger partial charge in [0, 0.05) is 45.3 Å².